The summed E-state index contributed by atoms with van der Waals surface area (Å²) in [5, 5.41) is 18.6. The van der Waals surface area contributed by atoms with Gasteiger partial charge in [0.2, 0.25) is 0 Å². The van der Waals surface area contributed by atoms with E-state index in [2.05, 4.69) is 0 Å². The first-order valence-electron chi connectivity index (χ1n) is 4.56. The van der Waals surface area contributed by atoms with Gasteiger partial charge in [-0.15, -0.1) is 0 Å². The second kappa shape index (κ2) is 3.62. The van der Waals surface area contributed by atoms with Crippen LogP contribution in [0.5, 0.6) is 5.75 Å². The Bertz CT molecular complexity index is 419. The van der Waals surface area contributed by atoms with Gasteiger partial charge in [0.15, 0.2) is 0 Å². The van der Waals surface area contributed by atoms with Gasteiger partial charge in [-0.3, -0.25) is 0 Å². The van der Waals surface area contributed by atoms with Gasteiger partial charge in [-0.1, -0.05) is 17.7 Å². The highest BCUT2D eigenvalue weighted by atomic mass is 35.5. The number of hydrogen-bond donors (Lipinski definition) is 2. The highest BCUT2D eigenvalue weighted by Crippen LogP contribution is 2.32. The van der Waals surface area contributed by atoms with Crippen molar-refractivity contribution >= 4 is 17.7 Å². The first kappa shape index (κ1) is 10.1. The minimum Gasteiger partial charge on any atom is -0.506 e. The molecule has 1 aromatic carbocycles. The lowest BCUT2D eigenvalue weighted by atomic mass is 9.99. The fraction of sp³-hybridized carbons (Fsp3) is 0.300. The van der Waals surface area contributed by atoms with Crippen LogP contribution in [0.15, 0.2) is 12.1 Å². The van der Waals surface area contributed by atoms with Crippen molar-refractivity contribution in [2.45, 2.75) is 13.0 Å². The Labute approximate surface area is 91.7 Å². The summed E-state index contributed by atoms with van der Waals surface area (Å²) in [6.45, 7) is 0.760. The first-order chi connectivity index (χ1) is 7.09. The predicted molar refractivity (Wildman–Crippen MR) is 55.3 cm³/mol. The molecule has 0 fully saturated rings. The zero-order chi connectivity index (χ0) is 11.0. The molecule has 0 saturated heterocycles. The summed E-state index contributed by atoms with van der Waals surface area (Å²) in [5.74, 6) is 0.0548. The SMILES string of the molecule is O=C(O)N1CCc2c(ccc(O)c2Cl)C1. The van der Waals surface area contributed by atoms with E-state index < -0.39 is 6.09 Å². The van der Waals surface area contributed by atoms with Crippen LogP contribution in [0.4, 0.5) is 4.79 Å². The van der Waals surface area contributed by atoms with Gasteiger partial charge in [0.25, 0.3) is 0 Å². The largest absolute Gasteiger partial charge is 0.506 e. The molecule has 0 spiro atoms. The number of hydrogen-bond acceptors (Lipinski definition) is 2. The Morgan fingerprint density at radius 3 is 2.87 bits per heavy atom. The number of phenols is 1. The number of rotatable bonds is 0. The molecular formula is C10H10ClNO3. The molecule has 4 nitrogen and oxygen atoms in total. The maximum atomic E-state index is 10.8. The molecule has 5 heteroatoms. The molecule has 0 saturated carbocycles. The van der Waals surface area contributed by atoms with Crippen molar-refractivity contribution in [3.05, 3.63) is 28.3 Å². The average molecular weight is 228 g/mol. The van der Waals surface area contributed by atoms with E-state index in [-0.39, 0.29) is 5.75 Å². The Kier molecular flexibility index (Phi) is 2.44. The van der Waals surface area contributed by atoms with E-state index >= 15 is 0 Å². The number of halogens is 1. The smallest absolute Gasteiger partial charge is 0.407 e. The quantitative estimate of drug-likeness (QED) is 0.713. The topological polar surface area (TPSA) is 60.8 Å². The van der Waals surface area contributed by atoms with E-state index in [0.717, 1.165) is 11.1 Å². The summed E-state index contributed by atoms with van der Waals surface area (Å²) in [6, 6.07) is 3.21. The molecule has 0 bridgehead atoms. The van der Waals surface area contributed by atoms with Crippen molar-refractivity contribution in [1.82, 2.24) is 4.90 Å². The van der Waals surface area contributed by atoms with E-state index in [1.54, 1.807) is 6.07 Å². The average Bonchev–Trinajstić information content (AvgIpc) is 2.23. The van der Waals surface area contributed by atoms with Crippen molar-refractivity contribution < 1.29 is 15.0 Å². The molecule has 2 rings (SSSR count). The van der Waals surface area contributed by atoms with Crippen molar-refractivity contribution in [3.63, 3.8) is 0 Å². The standard InChI is InChI=1S/C10H10ClNO3/c11-9-7-3-4-12(10(14)15)5-6(7)1-2-8(9)13/h1-2,13H,3-5H2,(H,14,15). The van der Waals surface area contributed by atoms with Gasteiger partial charge < -0.3 is 15.1 Å². The molecule has 0 aliphatic carbocycles. The second-order valence-corrected chi connectivity index (χ2v) is 3.87. The Morgan fingerprint density at radius 2 is 2.20 bits per heavy atom. The summed E-state index contributed by atoms with van der Waals surface area (Å²) in [5.41, 5.74) is 1.72. The van der Waals surface area contributed by atoms with Crippen LogP contribution in [0.1, 0.15) is 11.1 Å². The Hall–Kier alpha value is -1.42. The maximum absolute atomic E-state index is 10.8. The minimum absolute atomic E-state index is 0.0548. The van der Waals surface area contributed by atoms with Gasteiger partial charge in [-0.25, -0.2) is 4.79 Å². The van der Waals surface area contributed by atoms with Crippen LogP contribution >= 0.6 is 11.6 Å². The summed E-state index contributed by atoms with van der Waals surface area (Å²) < 4.78 is 0. The number of nitrogens with zero attached hydrogens (tertiary/aromatic N) is 1. The van der Waals surface area contributed by atoms with E-state index in [0.29, 0.717) is 24.5 Å². The van der Waals surface area contributed by atoms with Crippen LogP contribution in [0.3, 0.4) is 0 Å². The fourth-order valence-corrected chi connectivity index (χ4v) is 2.04. The van der Waals surface area contributed by atoms with Crippen LogP contribution < -0.4 is 0 Å². The number of fused-ring (bicyclic) bond motifs is 1. The molecule has 0 unspecified atom stereocenters. The molecule has 0 radical (unpaired) electrons. The lowest BCUT2D eigenvalue weighted by Gasteiger charge is -2.27. The zero-order valence-electron chi connectivity index (χ0n) is 7.90. The fourth-order valence-electron chi connectivity index (χ4n) is 1.76. The Morgan fingerprint density at radius 1 is 1.47 bits per heavy atom. The van der Waals surface area contributed by atoms with E-state index in [1.165, 1.54) is 11.0 Å². The highest BCUT2D eigenvalue weighted by molar-refractivity contribution is 6.32. The lowest BCUT2D eigenvalue weighted by Crippen LogP contribution is -2.34. The number of benzene rings is 1. The molecule has 0 atom stereocenters. The third-order valence-corrected chi connectivity index (χ3v) is 3.01. The third-order valence-electron chi connectivity index (χ3n) is 2.58. The molecule has 80 valence electrons. The van der Waals surface area contributed by atoms with E-state index in [4.69, 9.17) is 16.7 Å². The molecule has 1 aliphatic heterocycles. The number of amides is 1. The molecular weight excluding hydrogens is 218 g/mol. The first-order valence-corrected chi connectivity index (χ1v) is 4.94. The zero-order valence-corrected chi connectivity index (χ0v) is 8.66. The lowest BCUT2D eigenvalue weighted by molar-refractivity contribution is 0.140. The monoisotopic (exact) mass is 227 g/mol. The summed E-state index contributed by atoms with van der Waals surface area (Å²) in [6.07, 6.45) is -0.376. The normalized spacial score (nSPS) is 14.9. The third kappa shape index (κ3) is 1.72. The molecule has 1 heterocycles. The van der Waals surface area contributed by atoms with Crippen LogP contribution in [0.25, 0.3) is 0 Å². The summed E-state index contributed by atoms with van der Waals surface area (Å²) in [7, 11) is 0. The number of carboxylic acid groups (broad SMARTS) is 1. The number of carbonyl (C=O) groups is 1. The van der Waals surface area contributed by atoms with Gasteiger partial charge in [0.05, 0.1) is 5.02 Å². The second-order valence-electron chi connectivity index (χ2n) is 3.49. The van der Waals surface area contributed by atoms with E-state index in [9.17, 15) is 9.90 Å². The summed E-state index contributed by atoms with van der Waals surface area (Å²) >= 11 is 5.92. The van der Waals surface area contributed by atoms with Crippen molar-refractivity contribution in [1.29, 1.82) is 0 Å². The van der Waals surface area contributed by atoms with Gasteiger partial charge >= 0.3 is 6.09 Å². The molecule has 0 aromatic heterocycles. The molecule has 1 amide bonds. The van der Waals surface area contributed by atoms with Gasteiger partial charge in [-0.2, -0.15) is 0 Å². The number of aromatic hydroxyl groups is 1. The van der Waals surface area contributed by atoms with Crippen LogP contribution in [-0.2, 0) is 13.0 Å². The van der Waals surface area contributed by atoms with Crippen molar-refractivity contribution in [2.75, 3.05) is 6.54 Å². The van der Waals surface area contributed by atoms with Crippen LogP contribution in [-0.4, -0.2) is 27.8 Å². The van der Waals surface area contributed by atoms with Gasteiger partial charge in [0.1, 0.15) is 5.75 Å². The Balaban J connectivity index is 2.36. The molecule has 2 N–H and O–H groups in total. The van der Waals surface area contributed by atoms with Crippen molar-refractivity contribution in [2.24, 2.45) is 0 Å². The minimum atomic E-state index is -0.926. The summed E-state index contributed by atoms with van der Waals surface area (Å²) in [4.78, 5) is 12.1. The highest BCUT2D eigenvalue weighted by Gasteiger charge is 2.22. The van der Waals surface area contributed by atoms with Crippen LogP contribution in [0, 0.1) is 0 Å². The van der Waals surface area contributed by atoms with E-state index in [1.807, 2.05) is 0 Å². The molecule has 1 aliphatic rings. The predicted octanol–water partition coefficient (Wildman–Crippen LogP) is 2.08. The maximum Gasteiger partial charge on any atom is 0.407 e. The molecule has 15 heavy (non-hydrogen) atoms. The number of phenolic OH excluding ortho intramolecular Hbond substituents is 1. The van der Waals surface area contributed by atoms with Crippen LogP contribution in [0.2, 0.25) is 5.02 Å². The van der Waals surface area contributed by atoms with Gasteiger partial charge in [-0.05, 0) is 23.6 Å². The van der Waals surface area contributed by atoms with Gasteiger partial charge in [0, 0.05) is 13.1 Å². The molecule has 1 aromatic rings. The van der Waals surface area contributed by atoms with Crippen molar-refractivity contribution in [3.8, 4) is 5.75 Å².